The summed E-state index contributed by atoms with van der Waals surface area (Å²) in [6, 6.07) is 0.627. The molecule has 1 fully saturated rings. The van der Waals surface area contributed by atoms with Crippen LogP contribution in [-0.4, -0.2) is 52.1 Å². The van der Waals surface area contributed by atoms with Crippen LogP contribution in [0.4, 0.5) is 5.95 Å². The number of oxazole rings is 1. The van der Waals surface area contributed by atoms with Gasteiger partial charge in [-0.05, 0) is 19.8 Å². The zero-order valence-electron chi connectivity index (χ0n) is 18.2. The third kappa shape index (κ3) is 3.26. The molecule has 0 amide bonds. The number of aromatic nitrogens is 7. The Hall–Kier alpha value is -3.27. The van der Waals surface area contributed by atoms with Crippen molar-refractivity contribution in [1.29, 1.82) is 0 Å². The molecule has 1 aliphatic heterocycles. The van der Waals surface area contributed by atoms with E-state index in [9.17, 15) is 0 Å². The maximum Gasteiger partial charge on any atom is 0.245 e. The molecule has 5 heterocycles. The summed E-state index contributed by atoms with van der Waals surface area (Å²) in [5.41, 5.74) is 11.0. The minimum absolute atomic E-state index is 0.278. The van der Waals surface area contributed by atoms with Crippen LogP contribution < -0.4 is 5.73 Å². The van der Waals surface area contributed by atoms with Gasteiger partial charge >= 0.3 is 0 Å². The fourth-order valence-corrected chi connectivity index (χ4v) is 5.07. The van der Waals surface area contributed by atoms with E-state index in [1.807, 2.05) is 6.92 Å². The zero-order chi connectivity index (χ0) is 21.7. The molecule has 0 saturated heterocycles. The van der Waals surface area contributed by atoms with Gasteiger partial charge < -0.3 is 14.7 Å². The second-order valence-electron chi connectivity index (χ2n) is 8.80. The van der Waals surface area contributed by atoms with Crippen molar-refractivity contribution in [2.75, 3.05) is 18.8 Å². The Labute approximate surface area is 185 Å². The van der Waals surface area contributed by atoms with E-state index in [2.05, 4.69) is 30.9 Å². The number of hydrogen-bond acceptors (Lipinski definition) is 8. The van der Waals surface area contributed by atoms with Crippen LogP contribution in [0.1, 0.15) is 54.5 Å². The van der Waals surface area contributed by atoms with Gasteiger partial charge in [0, 0.05) is 44.1 Å². The van der Waals surface area contributed by atoms with Crippen molar-refractivity contribution in [2.45, 2.75) is 58.0 Å². The Kier molecular flexibility index (Phi) is 4.67. The SMILES string of the molecule is Cc1c(-c2ncco2)nc(N)n2nc(CCN3CCc4ncn(C5CCCC5)c4C3)nc12. The second kappa shape index (κ2) is 7.70. The van der Waals surface area contributed by atoms with Crippen molar-refractivity contribution in [3.63, 3.8) is 0 Å². The fraction of sp³-hybridized carbons (Fsp3) is 0.500. The molecule has 4 aromatic heterocycles. The van der Waals surface area contributed by atoms with Crippen molar-refractivity contribution < 1.29 is 4.42 Å². The molecular weight excluding hydrogens is 406 g/mol. The smallest absolute Gasteiger partial charge is 0.245 e. The van der Waals surface area contributed by atoms with Gasteiger partial charge in [0.1, 0.15) is 12.0 Å². The molecule has 2 N–H and O–H groups in total. The Morgan fingerprint density at radius 2 is 2.06 bits per heavy atom. The van der Waals surface area contributed by atoms with E-state index in [4.69, 9.17) is 20.1 Å². The highest BCUT2D eigenvalue weighted by Crippen LogP contribution is 2.32. The molecular formula is C22H27N9O. The highest BCUT2D eigenvalue weighted by atomic mass is 16.3. The summed E-state index contributed by atoms with van der Waals surface area (Å²) >= 11 is 0. The first-order chi connectivity index (χ1) is 15.7. The lowest BCUT2D eigenvalue weighted by atomic mass is 10.1. The van der Waals surface area contributed by atoms with Crippen molar-refractivity contribution in [3.05, 3.63) is 41.6 Å². The molecule has 0 bridgehead atoms. The Morgan fingerprint density at radius 3 is 2.88 bits per heavy atom. The number of anilines is 1. The van der Waals surface area contributed by atoms with Gasteiger partial charge in [0.05, 0.1) is 23.9 Å². The van der Waals surface area contributed by atoms with Crippen LogP contribution in [-0.2, 0) is 19.4 Å². The number of fused-ring (bicyclic) bond motifs is 2. The number of imidazole rings is 1. The van der Waals surface area contributed by atoms with E-state index in [-0.39, 0.29) is 5.95 Å². The van der Waals surface area contributed by atoms with Crippen molar-refractivity contribution in [1.82, 2.24) is 39.0 Å². The van der Waals surface area contributed by atoms with Crippen LogP contribution >= 0.6 is 0 Å². The lowest BCUT2D eigenvalue weighted by Gasteiger charge is -2.28. The summed E-state index contributed by atoms with van der Waals surface area (Å²) in [7, 11) is 0. The van der Waals surface area contributed by atoms with Crippen molar-refractivity contribution >= 4 is 11.6 Å². The molecule has 10 nitrogen and oxygen atoms in total. The summed E-state index contributed by atoms with van der Waals surface area (Å²) in [5, 5.41) is 4.62. The standard InChI is InChI=1S/C22H27N9O/c1-14-19(21-24-8-11-32-21)27-22(23)31-20(14)26-18(28-31)7-10-29-9-6-16-17(12-29)30(13-25-16)15-4-2-3-5-15/h8,11,13,15H,2-7,9-10,12H2,1H3,(H2,23,27). The van der Waals surface area contributed by atoms with Gasteiger partial charge in [0.25, 0.3) is 0 Å². The molecule has 4 aromatic rings. The number of nitrogen functional groups attached to an aromatic ring is 1. The van der Waals surface area contributed by atoms with E-state index in [1.54, 1.807) is 10.7 Å². The van der Waals surface area contributed by atoms with Crippen LogP contribution in [0.5, 0.6) is 0 Å². The molecule has 0 atom stereocenters. The lowest BCUT2D eigenvalue weighted by molar-refractivity contribution is 0.244. The van der Waals surface area contributed by atoms with E-state index in [1.165, 1.54) is 43.3 Å². The Bertz CT molecular complexity index is 1250. The maximum absolute atomic E-state index is 6.16. The van der Waals surface area contributed by atoms with Gasteiger partial charge in [-0.25, -0.2) is 19.9 Å². The molecule has 1 aliphatic carbocycles. The Morgan fingerprint density at radius 1 is 1.19 bits per heavy atom. The molecule has 0 spiro atoms. The molecule has 32 heavy (non-hydrogen) atoms. The predicted octanol–water partition coefficient (Wildman–Crippen LogP) is 2.58. The van der Waals surface area contributed by atoms with E-state index in [0.29, 0.717) is 23.3 Å². The first kappa shape index (κ1) is 19.4. The lowest BCUT2D eigenvalue weighted by Crippen LogP contribution is -2.33. The number of aryl methyl sites for hydroxylation is 1. The molecule has 10 heteroatoms. The minimum atomic E-state index is 0.278. The molecule has 0 radical (unpaired) electrons. The van der Waals surface area contributed by atoms with Gasteiger partial charge in [-0.2, -0.15) is 4.52 Å². The summed E-state index contributed by atoms with van der Waals surface area (Å²) < 4.78 is 9.46. The molecule has 2 aliphatic rings. The number of nitrogens with two attached hydrogens (primary N) is 1. The van der Waals surface area contributed by atoms with E-state index in [0.717, 1.165) is 43.9 Å². The summed E-state index contributed by atoms with van der Waals surface area (Å²) in [6.45, 7) is 4.79. The summed E-state index contributed by atoms with van der Waals surface area (Å²) in [4.78, 5) is 20.6. The quantitative estimate of drug-likeness (QED) is 0.510. The van der Waals surface area contributed by atoms with Gasteiger partial charge in [-0.1, -0.05) is 12.8 Å². The number of hydrogen-bond donors (Lipinski definition) is 1. The van der Waals surface area contributed by atoms with Gasteiger partial charge in [-0.15, -0.1) is 5.10 Å². The third-order valence-corrected chi connectivity index (χ3v) is 6.81. The normalized spacial score (nSPS) is 17.4. The van der Waals surface area contributed by atoms with Crippen LogP contribution in [0.15, 0.2) is 23.2 Å². The van der Waals surface area contributed by atoms with Crippen LogP contribution in [0, 0.1) is 6.92 Å². The average molecular weight is 434 g/mol. The molecule has 166 valence electrons. The number of nitrogens with zero attached hydrogens (tertiary/aromatic N) is 8. The van der Waals surface area contributed by atoms with E-state index >= 15 is 0 Å². The van der Waals surface area contributed by atoms with Crippen LogP contribution in [0.3, 0.4) is 0 Å². The summed E-state index contributed by atoms with van der Waals surface area (Å²) in [6.07, 6.45) is 12.1. The molecule has 0 unspecified atom stereocenters. The Balaban J connectivity index is 1.20. The highest BCUT2D eigenvalue weighted by Gasteiger charge is 2.26. The third-order valence-electron chi connectivity index (χ3n) is 6.81. The molecule has 0 aromatic carbocycles. The first-order valence-electron chi connectivity index (χ1n) is 11.4. The largest absolute Gasteiger partial charge is 0.443 e. The van der Waals surface area contributed by atoms with Crippen molar-refractivity contribution in [2.24, 2.45) is 0 Å². The fourth-order valence-electron chi connectivity index (χ4n) is 5.07. The molecule has 1 saturated carbocycles. The van der Waals surface area contributed by atoms with Gasteiger partial charge in [0.2, 0.25) is 11.8 Å². The monoisotopic (exact) mass is 433 g/mol. The first-order valence-corrected chi connectivity index (χ1v) is 11.4. The second-order valence-corrected chi connectivity index (χ2v) is 8.80. The number of rotatable bonds is 5. The average Bonchev–Trinajstić information content (AvgIpc) is 3.60. The topological polar surface area (TPSA) is 116 Å². The zero-order valence-corrected chi connectivity index (χ0v) is 18.2. The maximum atomic E-state index is 6.16. The highest BCUT2D eigenvalue weighted by molar-refractivity contribution is 5.65. The van der Waals surface area contributed by atoms with Gasteiger partial charge in [-0.3, -0.25) is 4.90 Å². The van der Waals surface area contributed by atoms with Crippen molar-refractivity contribution in [3.8, 4) is 11.6 Å². The summed E-state index contributed by atoms with van der Waals surface area (Å²) in [5.74, 6) is 1.48. The van der Waals surface area contributed by atoms with E-state index < -0.39 is 0 Å². The van der Waals surface area contributed by atoms with Crippen LogP contribution in [0.2, 0.25) is 0 Å². The predicted molar refractivity (Wildman–Crippen MR) is 118 cm³/mol. The molecule has 6 rings (SSSR count). The van der Waals surface area contributed by atoms with Crippen LogP contribution in [0.25, 0.3) is 17.2 Å². The minimum Gasteiger partial charge on any atom is -0.443 e. The van der Waals surface area contributed by atoms with Gasteiger partial charge in [0.15, 0.2) is 11.5 Å².